The van der Waals surface area contributed by atoms with Crippen LogP contribution in [0.15, 0.2) is 30.5 Å². The zero-order valence-electron chi connectivity index (χ0n) is 9.17. The van der Waals surface area contributed by atoms with Crippen molar-refractivity contribution in [2.75, 3.05) is 0 Å². The van der Waals surface area contributed by atoms with Gasteiger partial charge in [0.15, 0.2) is 0 Å². The second-order valence-corrected chi connectivity index (χ2v) is 3.97. The Balaban J connectivity index is 2.28. The molecule has 1 heterocycles. The van der Waals surface area contributed by atoms with Gasteiger partial charge in [-0.05, 0) is 23.1 Å². The van der Waals surface area contributed by atoms with Gasteiger partial charge in [0.1, 0.15) is 0 Å². The van der Waals surface area contributed by atoms with Gasteiger partial charge in [0.25, 0.3) is 0 Å². The minimum Gasteiger partial charge on any atom is -0.347 e. The zero-order chi connectivity index (χ0) is 12.5. The van der Waals surface area contributed by atoms with Crippen LogP contribution in [0, 0.1) is 0 Å². The van der Waals surface area contributed by atoms with E-state index in [1.54, 1.807) is 10.8 Å². The van der Waals surface area contributed by atoms with E-state index < -0.39 is 12.6 Å². The molecule has 0 aliphatic heterocycles. The van der Waals surface area contributed by atoms with Gasteiger partial charge < -0.3 is 10.3 Å². The Bertz CT molecular complexity index is 514. The average Bonchev–Trinajstić information content (AvgIpc) is 2.67. The van der Waals surface area contributed by atoms with Gasteiger partial charge in [-0.25, -0.2) is 0 Å². The highest BCUT2D eigenvalue weighted by atomic mass is 19.4. The van der Waals surface area contributed by atoms with Crippen LogP contribution in [-0.2, 0) is 13.1 Å². The summed E-state index contributed by atoms with van der Waals surface area (Å²) in [6, 6.07) is 7.41. The van der Waals surface area contributed by atoms with Gasteiger partial charge in [0.05, 0.1) is 6.42 Å². The van der Waals surface area contributed by atoms with Gasteiger partial charge in [0.2, 0.25) is 0 Å². The standard InChI is InChI=1S/C12H13F3N2/c13-12(14,15)4-6-17-5-3-10-2-1-9(8-16)7-11(10)17/h1-3,5,7H,4,6,8,16H2. The number of halogens is 3. The summed E-state index contributed by atoms with van der Waals surface area (Å²) in [5.74, 6) is 0. The third-order valence-corrected chi connectivity index (χ3v) is 2.71. The molecule has 1 aromatic carbocycles. The van der Waals surface area contributed by atoms with E-state index in [4.69, 9.17) is 5.73 Å². The lowest BCUT2D eigenvalue weighted by molar-refractivity contribution is -0.136. The number of nitrogens with two attached hydrogens (primary N) is 1. The van der Waals surface area contributed by atoms with Crippen LogP contribution in [0.4, 0.5) is 13.2 Å². The number of rotatable bonds is 3. The largest absolute Gasteiger partial charge is 0.390 e. The van der Waals surface area contributed by atoms with Crippen molar-refractivity contribution >= 4 is 10.9 Å². The first-order valence-electron chi connectivity index (χ1n) is 5.34. The first-order chi connectivity index (χ1) is 7.99. The number of benzene rings is 1. The van der Waals surface area contributed by atoms with Crippen LogP contribution in [0.2, 0.25) is 0 Å². The first-order valence-corrected chi connectivity index (χ1v) is 5.34. The van der Waals surface area contributed by atoms with Gasteiger partial charge in [-0.15, -0.1) is 0 Å². The molecule has 0 spiro atoms. The summed E-state index contributed by atoms with van der Waals surface area (Å²) in [5, 5.41) is 0.935. The van der Waals surface area contributed by atoms with E-state index >= 15 is 0 Å². The molecule has 0 amide bonds. The highest BCUT2D eigenvalue weighted by molar-refractivity contribution is 5.80. The van der Waals surface area contributed by atoms with Crippen molar-refractivity contribution < 1.29 is 13.2 Å². The van der Waals surface area contributed by atoms with Gasteiger partial charge in [0, 0.05) is 24.8 Å². The molecule has 0 saturated heterocycles. The van der Waals surface area contributed by atoms with Crippen molar-refractivity contribution in [1.29, 1.82) is 0 Å². The molecule has 0 aliphatic rings. The van der Waals surface area contributed by atoms with E-state index in [9.17, 15) is 13.2 Å². The molecule has 17 heavy (non-hydrogen) atoms. The maximum atomic E-state index is 12.2. The average molecular weight is 242 g/mol. The van der Waals surface area contributed by atoms with Crippen LogP contribution >= 0.6 is 0 Å². The number of alkyl halides is 3. The molecule has 2 N–H and O–H groups in total. The molecule has 0 radical (unpaired) electrons. The predicted octanol–water partition coefficient (Wildman–Crippen LogP) is 3.05. The molecule has 0 saturated carbocycles. The monoisotopic (exact) mass is 242 g/mol. The SMILES string of the molecule is NCc1ccc2ccn(CCC(F)(F)F)c2c1. The Hall–Kier alpha value is -1.49. The van der Waals surface area contributed by atoms with E-state index in [0.717, 1.165) is 16.5 Å². The Kier molecular flexibility index (Phi) is 3.11. The maximum Gasteiger partial charge on any atom is 0.390 e. The van der Waals surface area contributed by atoms with Crippen molar-refractivity contribution in [3.63, 3.8) is 0 Å². The molecule has 5 heteroatoms. The maximum absolute atomic E-state index is 12.2. The Morgan fingerprint density at radius 1 is 1.18 bits per heavy atom. The quantitative estimate of drug-likeness (QED) is 0.881. The minimum atomic E-state index is -4.12. The fourth-order valence-electron chi connectivity index (χ4n) is 1.80. The number of hydrogen-bond acceptors (Lipinski definition) is 1. The first kappa shape index (κ1) is 12.0. The fraction of sp³-hybridized carbons (Fsp3) is 0.333. The van der Waals surface area contributed by atoms with Crippen LogP contribution in [-0.4, -0.2) is 10.7 Å². The van der Waals surface area contributed by atoms with E-state index in [1.807, 2.05) is 24.3 Å². The summed E-state index contributed by atoms with van der Waals surface area (Å²) in [4.78, 5) is 0. The lowest BCUT2D eigenvalue weighted by Crippen LogP contribution is -2.11. The molecule has 92 valence electrons. The lowest BCUT2D eigenvalue weighted by atomic mass is 10.1. The minimum absolute atomic E-state index is 0.0545. The zero-order valence-corrected chi connectivity index (χ0v) is 9.17. The molecule has 1 aromatic heterocycles. The van der Waals surface area contributed by atoms with E-state index in [1.165, 1.54) is 0 Å². The third kappa shape index (κ3) is 2.79. The Morgan fingerprint density at radius 2 is 1.94 bits per heavy atom. The normalized spacial score (nSPS) is 12.2. The van der Waals surface area contributed by atoms with E-state index in [2.05, 4.69) is 0 Å². The van der Waals surface area contributed by atoms with Crippen molar-refractivity contribution in [1.82, 2.24) is 4.57 Å². The fourth-order valence-corrected chi connectivity index (χ4v) is 1.80. The number of aryl methyl sites for hydroxylation is 1. The van der Waals surface area contributed by atoms with Gasteiger partial charge in [-0.1, -0.05) is 12.1 Å². The van der Waals surface area contributed by atoms with Gasteiger partial charge in [-0.3, -0.25) is 0 Å². The topological polar surface area (TPSA) is 30.9 Å². The van der Waals surface area contributed by atoms with E-state index in [0.29, 0.717) is 6.54 Å². The number of aromatic nitrogens is 1. The number of nitrogens with zero attached hydrogens (tertiary/aromatic N) is 1. The van der Waals surface area contributed by atoms with Crippen LogP contribution in [0.25, 0.3) is 10.9 Å². The Labute approximate surface area is 96.8 Å². The second-order valence-electron chi connectivity index (χ2n) is 3.97. The molecule has 0 aliphatic carbocycles. The highest BCUT2D eigenvalue weighted by Crippen LogP contribution is 2.23. The summed E-state index contributed by atoms with van der Waals surface area (Å²) >= 11 is 0. The van der Waals surface area contributed by atoms with Crippen molar-refractivity contribution in [2.24, 2.45) is 5.73 Å². The number of hydrogen-bond donors (Lipinski definition) is 1. The Morgan fingerprint density at radius 3 is 2.59 bits per heavy atom. The molecule has 2 aromatic rings. The molecular weight excluding hydrogens is 229 g/mol. The van der Waals surface area contributed by atoms with Crippen LogP contribution in [0.5, 0.6) is 0 Å². The van der Waals surface area contributed by atoms with Crippen LogP contribution in [0.3, 0.4) is 0 Å². The molecule has 0 bridgehead atoms. The summed E-state index contributed by atoms with van der Waals surface area (Å²) in [7, 11) is 0. The van der Waals surface area contributed by atoms with Crippen molar-refractivity contribution in [2.45, 2.75) is 25.7 Å². The second kappa shape index (κ2) is 4.41. The predicted molar refractivity (Wildman–Crippen MR) is 60.5 cm³/mol. The van der Waals surface area contributed by atoms with Gasteiger partial charge in [-0.2, -0.15) is 13.2 Å². The molecule has 0 atom stereocenters. The summed E-state index contributed by atoms with van der Waals surface area (Å²) in [6.07, 6.45) is -3.26. The molecule has 0 fully saturated rings. The third-order valence-electron chi connectivity index (χ3n) is 2.71. The smallest absolute Gasteiger partial charge is 0.347 e. The van der Waals surface area contributed by atoms with Crippen molar-refractivity contribution in [3.8, 4) is 0 Å². The summed E-state index contributed by atoms with van der Waals surface area (Å²) in [5.41, 5.74) is 7.24. The highest BCUT2D eigenvalue weighted by Gasteiger charge is 2.26. The molecule has 2 rings (SSSR count). The number of fused-ring (bicyclic) bond motifs is 1. The van der Waals surface area contributed by atoms with Crippen molar-refractivity contribution in [3.05, 3.63) is 36.0 Å². The molecule has 2 nitrogen and oxygen atoms in total. The summed E-state index contributed by atoms with van der Waals surface area (Å²) < 4.78 is 38.1. The van der Waals surface area contributed by atoms with Crippen LogP contribution in [0.1, 0.15) is 12.0 Å². The van der Waals surface area contributed by atoms with Crippen LogP contribution < -0.4 is 5.73 Å². The molecule has 0 unspecified atom stereocenters. The van der Waals surface area contributed by atoms with Gasteiger partial charge >= 0.3 is 6.18 Å². The lowest BCUT2D eigenvalue weighted by Gasteiger charge is -2.09. The summed E-state index contributed by atoms with van der Waals surface area (Å²) in [6.45, 7) is 0.335. The van der Waals surface area contributed by atoms with E-state index in [-0.39, 0.29) is 6.54 Å². The molecular formula is C12H13F3N2.